The zero-order valence-corrected chi connectivity index (χ0v) is 18.4. The SMILES string of the molecule is O=C(CCCCCCC1(O)CCCCC1)CCCCCCC1(O)CCCCC1. The fourth-order valence-corrected chi connectivity index (χ4v) is 5.30. The first-order valence-corrected chi connectivity index (χ1v) is 12.5. The normalized spacial score (nSPS) is 21.5. The number of hydrogen-bond acceptors (Lipinski definition) is 3. The first-order chi connectivity index (χ1) is 13.5. The number of rotatable bonds is 14. The molecule has 0 saturated heterocycles. The Morgan fingerprint density at radius 2 is 0.893 bits per heavy atom. The van der Waals surface area contributed by atoms with Gasteiger partial charge in [0, 0.05) is 12.8 Å². The van der Waals surface area contributed by atoms with Gasteiger partial charge in [0.05, 0.1) is 11.2 Å². The highest BCUT2D eigenvalue weighted by Crippen LogP contribution is 2.33. The summed E-state index contributed by atoms with van der Waals surface area (Å²) in [7, 11) is 0. The maximum absolute atomic E-state index is 12.0. The van der Waals surface area contributed by atoms with Crippen LogP contribution in [-0.4, -0.2) is 27.2 Å². The van der Waals surface area contributed by atoms with Crippen LogP contribution in [0.15, 0.2) is 0 Å². The van der Waals surface area contributed by atoms with Gasteiger partial charge in [0.2, 0.25) is 0 Å². The molecule has 164 valence electrons. The van der Waals surface area contributed by atoms with E-state index in [0.717, 1.165) is 103 Å². The van der Waals surface area contributed by atoms with Crippen LogP contribution in [-0.2, 0) is 4.79 Å². The van der Waals surface area contributed by atoms with Gasteiger partial charge in [0.15, 0.2) is 0 Å². The van der Waals surface area contributed by atoms with Crippen molar-refractivity contribution in [2.45, 2.75) is 152 Å². The van der Waals surface area contributed by atoms with Gasteiger partial charge in [-0.25, -0.2) is 0 Å². The smallest absolute Gasteiger partial charge is 0.132 e. The molecule has 3 heteroatoms. The Morgan fingerprint density at radius 1 is 0.536 bits per heavy atom. The average Bonchev–Trinajstić information content (AvgIpc) is 2.68. The zero-order chi connectivity index (χ0) is 20.1. The van der Waals surface area contributed by atoms with Crippen molar-refractivity contribution in [1.29, 1.82) is 0 Å². The lowest BCUT2D eigenvalue weighted by molar-refractivity contribution is -0.119. The highest BCUT2D eigenvalue weighted by atomic mass is 16.3. The minimum absolute atomic E-state index is 0.374. The fraction of sp³-hybridized carbons (Fsp3) is 0.960. The molecule has 0 amide bonds. The lowest BCUT2D eigenvalue weighted by Gasteiger charge is -2.32. The summed E-state index contributed by atoms with van der Waals surface area (Å²) in [5.41, 5.74) is -0.749. The maximum atomic E-state index is 12.0. The third kappa shape index (κ3) is 9.87. The Balaban J connectivity index is 1.37. The van der Waals surface area contributed by atoms with Gasteiger partial charge in [0.1, 0.15) is 5.78 Å². The standard InChI is InChI=1S/C25H46O3/c26-23(15-7-1-3-9-17-24(27)19-11-5-12-20-24)16-8-2-4-10-18-25(28)21-13-6-14-22-25/h27-28H,1-22H2. The molecule has 0 radical (unpaired) electrons. The minimum atomic E-state index is -0.374. The van der Waals surface area contributed by atoms with Gasteiger partial charge in [-0.05, 0) is 51.4 Å². The van der Waals surface area contributed by atoms with Gasteiger partial charge in [-0.2, -0.15) is 0 Å². The topological polar surface area (TPSA) is 57.5 Å². The summed E-state index contributed by atoms with van der Waals surface area (Å²) in [5, 5.41) is 21.0. The zero-order valence-electron chi connectivity index (χ0n) is 18.4. The summed E-state index contributed by atoms with van der Waals surface area (Å²) in [6.07, 6.45) is 23.5. The van der Waals surface area contributed by atoms with Crippen LogP contribution < -0.4 is 0 Å². The first kappa shape index (κ1) is 23.9. The van der Waals surface area contributed by atoms with E-state index in [0.29, 0.717) is 5.78 Å². The predicted molar refractivity (Wildman–Crippen MR) is 116 cm³/mol. The van der Waals surface area contributed by atoms with Crippen LogP contribution in [0.1, 0.15) is 141 Å². The molecule has 0 aromatic heterocycles. The molecule has 2 N–H and O–H groups in total. The van der Waals surface area contributed by atoms with Crippen LogP contribution in [0.25, 0.3) is 0 Å². The molecular weight excluding hydrogens is 348 g/mol. The predicted octanol–water partition coefficient (Wildman–Crippen LogP) is 6.63. The second-order valence-electron chi connectivity index (χ2n) is 9.94. The van der Waals surface area contributed by atoms with Crippen molar-refractivity contribution in [3.8, 4) is 0 Å². The second-order valence-corrected chi connectivity index (χ2v) is 9.94. The first-order valence-electron chi connectivity index (χ1n) is 12.5. The van der Waals surface area contributed by atoms with E-state index in [2.05, 4.69) is 0 Å². The molecule has 0 spiro atoms. The molecule has 2 fully saturated rings. The molecule has 2 aliphatic carbocycles. The van der Waals surface area contributed by atoms with E-state index in [9.17, 15) is 15.0 Å². The molecule has 0 bridgehead atoms. The average molecular weight is 395 g/mol. The summed E-state index contributed by atoms with van der Waals surface area (Å²) >= 11 is 0. The maximum Gasteiger partial charge on any atom is 0.132 e. The van der Waals surface area contributed by atoms with Crippen molar-refractivity contribution >= 4 is 5.78 Å². The molecule has 0 aliphatic heterocycles. The van der Waals surface area contributed by atoms with E-state index in [1.54, 1.807) is 0 Å². The van der Waals surface area contributed by atoms with Crippen LogP contribution in [0.2, 0.25) is 0 Å². The minimum Gasteiger partial charge on any atom is -0.390 e. The molecule has 0 atom stereocenters. The van der Waals surface area contributed by atoms with E-state index >= 15 is 0 Å². The molecule has 2 aliphatic rings. The van der Waals surface area contributed by atoms with Crippen LogP contribution in [0.5, 0.6) is 0 Å². The number of Topliss-reactive ketones (excluding diaryl/α,β-unsaturated/α-hetero) is 1. The van der Waals surface area contributed by atoms with Crippen molar-refractivity contribution in [3.05, 3.63) is 0 Å². The Hall–Kier alpha value is -0.410. The second kappa shape index (κ2) is 13.0. The van der Waals surface area contributed by atoms with E-state index in [4.69, 9.17) is 0 Å². The van der Waals surface area contributed by atoms with Gasteiger partial charge in [0.25, 0.3) is 0 Å². The van der Waals surface area contributed by atoms with E-state index in [1.165, 1.54) is 38.5 Å². The van der Waals surface area contributed by atoms with Crippen molar-refractivity contribution in [1.82, 2.24) is 0 Å². The van der Waals surface area contributed by atoms with Crippen molar-refractivity contribution in [2.24, 2.45) is 0 Å². The van der Waals surface area contributed by atoms with Gasteiger partial charge < -0.3 is 10.2 Å². The summed E-state index contributed by atoms with van der Waals surface area (Å²) in [6.45, 7) is 0. The monoisotopic (exact) mass is 394 g/mol. The highest BCUT2D eigenvalue weighted by molar-refractivity contribution is 5.78. The number of aliphatic hydroxyl groups is 2. The summed E-state index contributed by atoms with van der Waals surface area (Å²) in [5.74, 6) is 0.428. The van der Waals surface area contributed by atoms with Crippen LogP contribution in [0, 0.1) is 0 Å². The van der Waals surface area contributed by atoms with Crippen LogP contribution >= 0.6 is 0 Å². The summed E-state index contributed by atoms with van der Waals surface area (Å²) in [6, 6.07) is 0. The fourth-order valence-electron chi connectivity index (χ4n) is 5.30. The van der Waals surface area contributed by atoms with Gasteiger partial charge >= 0.3 is 0 Å². The van der Waals surface area contributed by atoms with Crippen LogP contribution in [0.4, 0.5) is 0 Å². The van der Waals surface area contributed by atoms with Crippen molar-refractivity contribution < 1.29 is 15.0 Å². The lowest BCUT2D eigenvalue weighted by atomic mass is 9.81. The molecule has 0 unspecified atom stereocenters. The third-order valence-corrected chi connectivity index (χ3v) is 7.26. The van der Waals surface area contributed by atoms with E-state index < -0.39 is 0 Å². The van der Waals surface area contributed by atoms with Crippen molar-refractivity contribution in [3.63, 3.8) is 0 Å². The molecule has 3 nitrogen and oxygen atoms in total. The Morgan fingerprint density at radius 3 is 1.29 bits per heavy atom. The largest absolute Gasteiger partial charge is 0.390 e. The summed E-state index contributed by atoms with van der Waals surface area (Å²) < 4.78 is 0. The molecule has 0 aromatic rings. The van der Waals surface area contributed by atoms with Crippen LogP contribution in [0.3, 0.4) is 0 Å². The molecule has 0 heterocycles. The van der Waals surface area contributed by atoms with E-state index in [-0.39, 0.29) is 11.2 Å². The lowest BCUT2D eigenvalue weighted by Crippen LogP contribution is -2.30. The number of hydrogen-bond donors (Lipinski definition) is 2. The van der Waals surface area contributed by atoms with Gasteiger partial charge in [-0.1, -0.05) is 77.0 Å². The molecule has 0 aromatic carbocycles. The molecule has 28 heavy (non-hydrogen) atoms. The molecular formula is C25H46O3. The van der Waals surface area contributed by atoms with Crippen molar-refractivity contribution in [2.75, 3.05) is 0 Å². The Bertz CT molecular complexity index is 382. The highest BCUT2D eigenvalue weighted by Gasteiger charge is 2.28. The Labute approximate surface area is 173 Å². The third-order valence-electron chi connectivity index (χ3n) is 7.26. The number of carbonyl (C=O) groups excluding carboxylic acids is 1. The quantitative estimate of drug-likeness (QED) is 0.325. The van der Waals surface area contributed by atoms with Gasteiger partial charge in [-0.15, -0.1) is 0 Å². The molecule has 2 saturated carbocycles. The summed E-state index contributed by atoms with van der Waals surface area (Å²) in [4.78, 5) is 12.0. The Kier molecular flexibility index (Phi) is 11.1. The number of unbranched alkanes of at least 4 members (excludes halogenated alkanes) is 6. The number of carbonyl (C=O) groups is 1. The van der Waals surface area contributed by atoms with Gasteiger partial charge in [-0.3, -0.25) is 4.79 Å². The van der Waals surface area contributed by atoms with E-state index in [1.807, 2.05) is 0 Å². The number of ketones is 1. The molecule has 2 rings (SSSR count).